The predicted octanol–water partition coefficient (Wildman–Crippen LogP) is 4.19. The summed E-state index contributed by atoms with van der Waals surface area (Å²) >= 11 is 7.07. The van der Waals surface area contributed by atoms with Crippen molar-refractivity contribution in [3.8, 4) is 5.75 Å². The van der Waals surface area contributed by atoms with Gasteiger partial charge in [-0.15, -0.1) is 11.3 Å². The van der Waals surface area contributed by atoms with Crippen LogP contribution in [0.2, 0.25) is 5.02 Å². The highest BCUT2D eigenvalue weighted by Gasteiger charge is 2.22. The number of hydrogen-bond acceptors (Lipinski definition) is 7. The molecule has 2 heterocycles. The fourth-order valence-corrected chi connectivity index (χ4v) is 4.20. The number of nitrogens with zero attached hydrogens (tertiary/aromatic N) is 2. The molecule has 7 nitrogen and oxygen atoms in total. The zero-order chi connectivity index (χ0) is 21.8. The number of nitrogens with one attached hydrogen (secondary N) is 1. The number of halogens is 1. The summed E-state index contributed by atoms with van der Waals surface area (Å²) in [7, 11) is 1.93. The summed E-state index contributed by atoms with van der Waals surface area (Å²) in [4.78, 5) is 35.3. The molecule has 1 N–H and O–H groups in total. The molecule has 160 valence electrons. The van der Waals surface area contributed by atoms with Crippen molar-refractivity contribution < 1.29 is 14.3 Å². The number of carbonyl (C=O) groups excluding carboxylic acids is 1. The van der Waals surface area contributed by atoms with E-state index in [1.807, 2.05) is 31.0 Å². The lowest BCUT2D eigenvalue weighted by atomic mass is 10.2. The van der Waals surface area contributed by atoms with Crippen LogP contribution in [0, 0.1) is 6.92 Å². The molecule has 0 aliphatic carbocycles. The summed E-state index contributed by atoms with van der Waals surface area (Å²) in [5.41, 5.74) is 0.350. The molecular formula is C21H24ClN3O4S. The average molecular weight is 450 g/mol. The van der Waals surface area contributed by atoms with Crippen molar-refractivity contribution in [2.75, 3.05) is 26.8 Å². The predicted molar refractivity (Wildman–Crippen MR) is 119 cm³/mol. The number of H-pyrrole nitrogens is 1. The molecule has 0 aliphatic rings. The van der Waals surface area contributed by atoms with Gasteiger partial charge in [-0.05, 0) is 57.6 Å². The maximum Gasteiger partial charge on any atom is 0.348 e. The van der Waals surface area contributed by atoms with Gasteiger partial charge in [0.05, 0.1) is 18.0 Å². The quantitative estimate of drug-likeness (QED) is 0.519. The summed E-state index contributed by atoms with van der Waals surface area (Å²) in [5, 5.41) is 1.10. The van der Waals surface area contributed by atoms with Crippen LogP contribution in [0.4, 0.5) is 0 Å². The highest BCUT2D eigenvalue weighted by Crippen LogP contribution is 2.28. The van der Waals surface area contributed by atoms with Crippen LogP contribution >= 0.6 is 22.9 Å². The highest BCUT2D eigenvalue weighted by molar-refractivity contribution is 7.20. The number of esters is 1. The van der Waals surface area contributed by atoms with Crippen molar-refractivity contribution in [3.05, 3.63) is 55.9 Å². The number of aryl methyl sites for hydroxylation is 1. The number of rotatable bonds is 8. The molecule has 0 radical (unpaired) electrons. The van der Waals surface area contributed by atoms with Crippen molar-refractivity contribution in [2.45, 2.75) is 26.8 Å². The summed E-state index contributed by atoms with van der Waals surface area (Å²) in [5.74, 6) is 0.857. The average Bonchev–Trinajstić information content (AvgIpc) is 3.06. The number of aromatic amines is 1. The Balaban J connectivity index is 1.73. The van der Waals surface area contributed by atoms with E-state index in [1.165, 1.54) is 11.3 Å². The number of ether oxygens (including phenoxy) is 2. The second-order valence-electron chi connectivity index (χ2n) is 6.87. The van der Waals surface area contributed by atoms with E-state index in [4.69, 9.17) is 21.1 Å². The van der Waals surface area contributed by atoms with Crippen LogP contribution in [0.5, 0.6) is 5.75 Å². The molecule has 1 atom stereocenters. The smallest absolute Gasteiger partial charge is 0.348 e. The largest absolute Gasteiger partial charge is 0.492 e. The van der Waals surface area contributed by atoms with E-state index in [0.29, 0.717) is 44.7 Å². The normalized spacial score (nSPS) is 12.3. The van der Waals surface area contributed by atoms with Gasteiger partial charge in [0, 0.05) is 11.6 Å². The van der Waals surface area contributed by atoms with E-state index >= 15 is 0 Å². The van der Waals surface area contributed by atoms with Gasteiger partial charge in [-0.25, -0.2) is 9.78 Å². The third kappa shape index (κ3) is 4.83. The van der Waals surface area contributed by atoms with Gasteiger partial charge in [-0.3, -0.25) is 9.69 Å². The minimum absolute atomic E-state index is 0.149. The molecule has 0 aliphatic heterocycles. The second-order valence-corrected chi connectivity index (χ2v) is 8.30. The van der Waals surface area contributed by atoms with Crippen LogP contribution < -0.4 is 10.3 Å². The van der Waals surface area contributed by atoms with E-state index < -0.39 is 5.97 Å². The molecular weight excluding hydrogens is 426 g/mol. The molecule has 2 aromatic heterocycles. The van der Waals surface area contributed by atoms with Crippen molar-refractivity contribution in [2.24, 2.45) is 0 Å². The van der Waals surface area contributed by atoms with Crippen molar-refractivity contribution >= 4 is 39.1 Å². The first-order valence-electron chi connectivity index (χ1n) is 9.60. The Morgan fingerprint density at radius 3 is 2.70 bits per heavy atom. The zero-order valence-corrected chi connectivity index (χ0v) is 18.9. The van der Waals surface area contributed by atoms with Crippen molar-refractivity contribution in [1.29, 1.82) is 0 Å². The van der Waals surface area contributed by atoms with Gasteiger partial charge in [0.2, 0.25) is 0 Å². The Morgan fingerprint density at radius 1 is 1.33 bits per heavy atom. The van der Waals surface area contributed by atoms with Crippen LogP contribution in [-0.2, 0) is 4.74 Å². The number of carbonyl (C=O) groups is 1. The fraction of sp³-hybridized carbons (Fsp3) is 0.381. The SMILES string of the molecule is CCOC(=O)c1sc2nc(C(C)N(C)CCOc3ccc(Cl)cc3)[nH]c(=O)c2c1C. The van der Waals surface area contributed by atoms with Gasteiger partial charge in [-0.1, -0.05) is 11.6 Å². The first kappa shape index (κ1) is 22.3. The fourth-order valence-electron chi connectivity index (χ4n) is 2.99. The first-order chi connectivity index (χ1) is 14.3. The summed E-state index contributed by atoms with van der Waals surface area (Å²) in [6.45, 7) is 6.83. The second kappa shape index (κ2) is 9.59. The Morgan fingerprint density at radius 2 is 2.03 bits per heavy atom. The minimum atomic E-state index is -0.427. The summed E-state index contributed by atoms with van der Waals surface area (Å²) in [6.07, 6.45) is 0. The maximum absolute atomic E-state index is 12.7. The molecule has 0 amide bonds. The molecule has 1 unspecified atom stereocenters. The monoisotopic (exact) mass is 449 g/mol. The van der Waals surface area contributed by atoms with E-state index in [9.17, 15) is 9.59 Å². The molecule has 0 fully saturated rings. The number of benzene rings is 1. The van der Waals surface area contributed by atoms with Crippen LogP contribution in [-0.4, -0.2) is 47.6 Å². The lowest BCUT2D eigenvalue weighted by Gasteiger charge is -2.23. The van der Waals surface area contributed by atoms with Crippen LogP contribution in [0.3, 0.4) is 0 Å². The van der Waals surface area contributed by atoms with Gasteiger partial charge in [0.1, 0.15) is 27.9 Å². The van der Waals surface area contributed by atoms with Gasteiger partial charge in [0.25, 0.3) is 5.56 Å². The molecule has 9 heteroatoms. The Labute approximate surface area is 183 Å². The lowest BCUT2D eigenvalue weighted by Crippen LogP contribution is -2.29. The van der Waals surface area contributed by atoms with Crippen LogP contribution in [0.25, 0.3) is 10.2 Å². The molecule has 3 aromatic rings. The number of aromatic nitrogens is 2. The lowest BCUT2D eigenvalue weighted by molar-refractivity contribution is 0.0531. The molecule has 0 spiro atoms. The molecule has 0 bridgehead atoms. The highest BCUT2D eigenvalue weighted by atomic mass is 35.5. The summed E-state index contributed by atoms with van der Waals surface area (Å²) in [6, 6.07) is 7.05. The third-order valence-electron chi connectivity index (χ3n) is 4.86. The molecule has 0 saturated carbocycles. The first-order valence-corrected chi connectivity index (χ1v) is 10.8. The van der Waals surface area contributed by atoms with E-state index in [2.05, 4.69) is 9.97 Å². The van der Waals surface area contributed by atoms with Crippen LogP contribution in [0.15, 0.2) is 29.1 Å². The Hall–Kier alpha value is -2.42. The number of hydrogen-bond donors (Lipinski definition) is 1. The summed E-state index contributed by atoms with van der Waals surface area (Å²) < 4.78 is 10.8. The van der Waals surface area contributed by atoms with E-state index in [-0.39, 0.29) is 18.2 Å². The van der Waals surface area contributed by atoms with Gasteiger partial charge in [0.15, 0.2) is 0 Å². The van der Waals surface area contributed by atoms with Gasteiger partial charge >= 0.3 is 5.97 Å². The van der Waals surface area contributed by atoms with E-state index in [0.717, 1.165) is 5.75 Å². The van der Waals surface area contributed by atoms with Crippen molar-refractivity contribution in [1.82, 2.24) is 14.9 Å². The van der Waals surface area contributed by atoms with Crippen molar-refractivity contribution in [3.63, 3.8) is 0 Å². The standard InChI is InChI=1S/C21H24ClN3O4S/c1-5-28-21(27)17-12(2)16-19(26)23-18(24-20(16)30-17)13(3)25(4)10-11-29-15-8-6-14(22)7-9-15/h6-9,13H,5,10-11H2,1-4H3,(H,23,24,26). The Kier molecular flexibility index (Phi) is 7.12. The number of fused-ring (bicyclic) bond motifs is 1. The molecule has 3 rings (SSSR count). The van der Waals surface area contributed by atoms with E-state index in [1.54, 1.807) is 26.0 Å². The number of likely N-dealkylation sites (N-methyl/N-ethyl adjacent to an activating group) is 1. The number of thiophene rings is 1. The molecule has 1 aromatic carbocycles. The van der Waals surface area contributed by atoms with Crippen LogP contribution in [0.1, 0.15) is 40.9 Å². The molecule has 0 saturated heterocycles. The third-order valence-corrected chi connectivity index (χ3v) is 6.28. The zero-order valence-electron chi connectivity index (χ0n) is 17.3. The maximum atomic E-state index is 12.7. The van der Waals surface area contributed by atoms with Gasteiger partial charge < -0.3 is 14.5 Å². The van der Waals surface area contributed by atoms with Gasteiger partial charge in [-0.2, -0.15) is 0 Å². The minimum Gasteiger partial charge on any atom is -0.492 e. The topological polar surface area (TPSA) is 84.5 Å². The Bertz CT molecular complexity index is 1090. The molecule has 30 heavy (non-hydrogen) atoms.